The van der Waals surface area contributed by atoms with Gasteiger partial charge in [0.2, 0.25) is 0 Å². The molecule has 0 saturated carbocycles. The molecular formula is C16H23BrFNO. The molecule has 0 radical (unpaired) electrons. The molecule has 112 valence electrons. The van der Waals surface area contributed by atoms with Gasteiger partial charge in [-0.15, -0.1) is 0 Å². The fraction of sp³-hybridized carbons (Fsp3) is 0.625. The van der Waals surface area contributed by atoms with Crippen LogP contribution in [0.1, 0.15) is 38.2 Å². The smallest absolute Gasteiger partial charge is 0.126 e. The van der Waals surface area contributed by atoms with E-state index in [-0.39, 0.29) is 18.0 Å². The Bertz CT molecular complexity index is 421. The standard InChI is InChI=1S/C16H23BrFNO/c1-2-8-19-15(16-5-3-4-9-20-16)11-12-10-13(17)6-7-14(12)18/h6-7,10,15-16,19H,2-5,8-9,11H2,1H3. The highest BCUT2D eigenvalue weighted by Crippen LogP contribution is 2.22. The van der Waals surface area contributed by atoms with Crippen molar-refractivity contribution in [3.05, 3.63) is 34.1 Å². The summed E-state index contributed by atoms with van der Waals surface area (Å²) in [6, 6.07) is 5.33. The van der Waals surface area contributed by atoms with Crippen LogP contribution in [0.4, 0.5) is 4.39 Å². The molecule has 1 heterocycles. The van der Waals surface area contributed by atoms with Gasteiger partial charge < -0.3 is 10.1 Å². The van der Waals surface area contributed by atoms with E-state index in [0.717, 1.165) is 42.5 Å². The minimum atomic E-state index is -0.132. The van der Waals surface area contributed by atoms with E-state index in [2.05, 4.69) is 28.2 Å². The molecule has 1 aliphatic rings. The molecule has 0 amide bonds. The van der Waals surface area contributed by atoms with E-state index in [4.69, 9.17) is 4.74 Å². The maximum absolute atomic E-state index is 13.9. The fourth-order valence-corrected chi connectivity index (χ4v) is 3.09. The summed E-state index contributed by atoms with van der Waals surface area (Å²) in [5.41, 5.74) is 0.752. The number of hydrogen-bond donors (Lipinski definition) is 1. The van der Waals surface area contributed by atoms with E-state index < -0.39 is 0 Å². The highest BCUT2D eigenvalue weighted by molar-refractivity contribution is 9.10. The summed E-state index contributed by atoms with van der Waals surface area (Å²) >= 11 is 3.42. The van der Waals surface area contributed by atoms with Gasteiger partial charge in [-0.05, 0) is 62.4 Å². The van der Waals surface area contributed by atoms with Crippen molar-refractivity contribution in [2.75, 3.05) is 13.2 Å². The van der Waals surface area contributed by atoms with Crippen LogP contribution >= 0.6 is 15.9 Å². The van der Waals surface area contributed by atoms with Crippen LogP contribution in [-0.4, -0.2) is 25.3 Å². The third-order valence-corrected chi connectivity index (χ3v) is 4.26. The molecule has 1 saturated heterocycles. The molecular weight excluding hydrogens is 321 g/mol. The van der Waals surface area contributed by atoms with Crippen LogP contribution in [0.15, 0.2) is 22.7 Å². The second-order valence-corrected chi connectivity index (χ2v) is 6.32. The number of benzene rings is 1. The Hall–Kier alpha value is -0.450. The second-order valence-electron chi connectivity index (χ2n) is 5.41. The van der Waals surface area contributed by atoms with E-state index in [9.17, 15) is 4.39 Å². The van der Waals surface area contributed by atoms with Gasteiger partial charge in [0.15, 0.2) is 0 Å². The molecule has 0 bridgehead atoms. The maximum Gasteiger partial charge on any atom is 0.126 e. The second kappa shape index (κ2) is 8.11. The molecule has 1 aromatic carbocycles. The average molecular weight is 344 g/mol. The largest absolute Gasteiger partial charge is 0.377 e. The first kappa shape index (κ1) is 15.9. The topological polar surface area (TPSA) is 21.3 Å². The maximum atomic E-state index is 13.9. The Kier molecular flexibility index (Phi) is 6.46. The molecule has 0 aliphatic carbocycles. The van der Waals surface area contributed by atoms with Crippen LogP contribution in [0.25, 0.3) is 0 Å². The van der Waals surface area contributed by atoms with Gasteiger partial charge in [0, 0.05) is 17.1 Å². The van der Waals surface area contributed by atoms with Gasteiger partial charge in [-0.25, -0.2) is 4.39 Å². The van der Waals surface area contributed by atoms with Gasteiger partial charge in [-0.2, -0.15) is 0 Å². The first-order valence-electron chi connectivity index (χ1n) is 7.49. The van der Waals surface area contributed by atoms with Crippen molar-refractivity contribution < 1.29 is 9.13 Å². The van der Waals surface area contributed by atoms with Crippen molar-refractivity contribution in [2.24, 2.45) is 0 Å². The van der Waals surface area contributed by atoms with Gasteiger partial charge >= 0.3 is 0 Å². The predicted octanol–water partition coefficient (Wildman–Crippen LogP) is 4.07. The Morgan fingerprint density at radius 1 is 1.45 bits per heavy atom. The summed E-state index contributed by atoms with van der Waals surface area (Å²) in [6.45, 7) is 3.92. The van der Waals surface area contributed by atoms with Crippen molar-refractivity contribution >= 4 is 15.9 Å². The third kappa shape index (κ3) is 4.54. The molecule has 2 rings (SSSR count). The van der Waals surface area contributed by atoms with Crippen LogP contribution in [-0.2, 0) is 11.2 Å². The summed E-state index contributed by atoms with van der Waals surface area (Å²) in [6.07, 6.45) is 5.36. The minimum absolute atomic E-state index is 0.132. The zero-order valence-electron chi connectivity index (χ0n) is 12.0. The lowest BCUT2D eigenvalue weighted by Gasteiger charge is -2.31. The Morgan fingerprint density at radius 2 is 2.30 bits per heavy atom. The normalized spacial score (nSPS) is 20.9. The average Bonchev–Trinajstić information content (AvgIpc) is 2.48. The van der Waals surface area contributed by atoms with Crippen LogP contribution in [0.3, 0.4) is 0 Å². The Balaban J connectivity index is 2.07. The monoisotopic (exact) mass is 343 g/mol. The minimum Gasteiger partial charge on any atom is -0.377 e. The molecule has 4 heteroatoms. The molecule has 2 atom stereocenters. The number of ether oxygens (including phenoxy) is 1. The molecule has 0 aromatic heterocycles. The van der Waals surface area contributed by atoms with E-state index in [1.807, 2.05) is 6.07 Å². The SMILES string of the molecule is CCCNC(Cc1cc(Br)ccc1F)C1CCCCO1. The third-order valence-electron chi connectivity index (χ3n) is 3.77. The van der Waals surface area contributed by atoms with Crippen LogP contribution in [0.2, 0.25) is 0 Å². The molecule has 20 heavy (non-hydrogen) atoms. The lowest BCUT2D eigenvalue weighted by molar-refractivity contribution is -0.00751. The Labute approximate surface area is 129 Å². The molecule has 2 nitrogen and oxygen atoms in total. The predicted molar refractivity (Wildman–Crippen MR) is 83.5 cm³/mol. The number of halogens is 2. The van der Waals surface area contributed by atoms with Gasteiger partial charge in [-0.1, -0.05) is 22.9 Å². The van der Waals surface area contributed by atoms with Crippen LogP contribution in [0.5, 0.6) is 0 Å². The van der Waals surface area contributed by atoms with Gasteiger partial charge in [-0.3, -0.25) is 0 Å². The number of nitrogens with one attached hydrogen (secondary N) is 1. The summed E-state index contributed by atoms with van der Waals surface area (Å²) < 4.78 is 20.7. The molecule has 1 fully saturated rings. The highest BCUT2D eigenvalue weighted by Gasteiger charge is 2.25. The number of rotatable bonds is 6. The zero-order chi connectivity index (χ0) is 14.4. The van der Waals surface area contributed by atoms with Crippen molar-refractivity contribution in [3.8, 4) is 0 Å². The first-order valence-corrected chi connectivity index (χ1v) is 8.29. The van der Waals surface area contributed by atoms with Crippen LogP contribution in [0, 0.1) is 5.82 Å². The van der Waals surface area contributed by atoms with Crippen molar-refractivity contribution in [2.45, 2.75) is 51.2 Å². The van der Waals surface area contributed by atoms with Crippen molar-refractivity contribution in [1.29, 1.82) is 0 Å². The summed E-state index contributed by atoms with van der Waals surface area (Å²) in [4.78, 5) is 0. The van der Waals surface area contributed by atoms with Crippen molar-refractivity contribution in [1.82, 2.24) is 5.32 Å². The fourth-order valence-electron chi connectivity index (χ4n) is 2.68. The lowest BCUT2D eigenvalue weighted by atomic mass is 9.95. The van der Waals surface area contributed by atoms with Gasteiger partial charge in [0.1, 0.15) is 5.82 Å². The summed E-state index contributed by atoms with van der Waals surface area (Å²) in [5.74, 6) is -0.132. The molecule has 2 unspecified atom stereocenters. The van der Waals surface area contributed by atoms with Crippen molar-refractivity contribution in [3.63, 3.8) is 0 Å². The summed E-state index contributed by atoms with van der Waals surface area (Å²) in [5, 5.41) is 3.53. The van der Waals surface area contributed by atoms with Gasteiger partial charge in [0.25, 0.3) is 0 Å². The highest BCUT2D eigenvalue weighted by atomic mass is 79.9. The van der Waals surface area contributed by atoms with E-state index in [1.165, 1.54) is 12.5 Å². The van der Waals surface area contributed by atoms with E-state index >= 15 is 0 Å². The molecule has 1 aliphatic heterocycles. The van der Waals surface area contributed by atoms with E-state index in [1.54, 1.807) is 6.07 Å². The molecule has 1 aromatic rings. The number of hydrogen-bond acceptors (Lipinski definition) is 2. The van der Waals surface area contributed by atoms with E-state index in [0.29, 0.717) is 6.42 Å². The van der Waals surface area contributed by atoms with Gasteiger partial charge in [0.05, 0.1) is 6.10 Å². The molecule has 0 spiro atoms. The zero-order valence-corrected chi connectivity index (χ0v) is 13.6. The Morgan fingerprint density at radius 3 is 3.00 bits per heavy atom. The summed E-state index contributed by atoms with van der Waals surface area (Å²) in [7, 11) is 0. The van der Waals surface area contributed by atoms with Crippen LogP contribution < -0.4 is 5.32 Å². The lowest BCUT2D eigenvalue weighted by Crippen LogP contribution is -2.45. The molecule has 1 N–H and O–H groups in total. The quantitative estimate of drug-likeness (QED) is 0.840. The first-order chi connectivity index (χ1) is 9.70.